The molecule has 2 aromatic heterocycles. The van der Waals surface area contributed by atoms with E-state index in [0.29, 0.717) is 5.03 Å². The second-order valence-corrected chi connectivity index (χ2v) is 7.95. The van der Waals surface area contributed by atoms with Gasteiger partial charge in [0.2, 0.25) is 0 Å². The number of thiophene rings is 1. The molecule has 1 aliphatic rings. The molecule has 1 atom stereocenters. The van der Waals surface area contributed by atoms with Crippen molar-refractivity contribution in [1.82, 2.24) is 4.98 Å². The summed E-state index contributed by atoms with van der Waals surface area (Å²) in [5, 5.41) is 0.710. The lowest BCUT2D eigenvalue weighted by molar-refractivity contribution is 1.05. The molecule has 0 bridgehead atoms. The molecule has 134 valence electrons. The molecule has 1 unspecified atom stereocenters. The van der Waals surface area contributed by atoms with Gasteiger partial charge in [0.15, 0.2) is 5.82 Å². The van der Waals surface area contributed by atoms with Crippen molar-refractivity contribution in [2.24, 2.45) is 4.99 Å². The Morgan fingerprint density at radius 1 is 1.07 bits per heavy atom. The molecule has 0 radical (unpaired) electrons. The Kier molecular flexibility index (Phi) is 5.06. The number of pyridine rings is 1. The zero-order chi connectivity index (χ0) is 18.8. The van der Waals surface area contributed by atoms with Crippen LogP contribution in [-0.4, -0.2) is 10.7 Å². The number of aromatic nitrogens is 1. The van der Waals surface area contributed by atoms with E-state index in [-0.39, 0.29) is 5.92 Å². The first kappa shape index (κ1) is 17.9. The van der Waals surface area contributed by atoms with Crippen molar-refractivity contribution in [3.05, 3.63) is 83.6 Å². The summed E-state index contributed by atoms with van der Waals surface area (Å²) < 4.78 is 0. The van der Waals surface area contributed by atoms with Gasteiger partial charge in [-0.25, -0.2) is 9.98 Å². The molecule has 1 aliphatic heterocycles. The molecule has 27 heavy (non-hydrogen) atoms. The van der Waals surface area contributed by atoms with Crippen LogP contribution in [0.3, 0.4) is 0 Å². The Hall–Kier alpha value is -2.49. The van der Waals surface area contributed by atoms with Gasteiger partial charge in [-0.15, -0.1) is 11.3 Å². The molecule has 0 amide bonds. The van der Waals surface area contributed by atoms with Gasteiger partial charge in [-0.2, -0.15) is 0 Å². The van der Waals surface area contributed by atoms with Crippen molar-refractivity contribution in [1.29, 1.82) is 0 Å². The predicted octanol–water partition coefficient (Wildman–Crippen LogP) is 7.37. The standard InChI is InChI=1S/C23H19ClN2S/c1-3-18(24)9-10-20-15(2)19-13-17(14-25-23(19)26-20)22-12-11-21(27-22)16-7-5-4-6-8-16/h3-15H,1-2H3/b10-9-,18-3+. The van der Waals surface area contributed by atoms with E-state index in [9.17, 15) is 0 Å². The molecular formula is C23H19ClN2S. The normalized spacial score (nSPS) is 16.6. The van der Waals surface area contributed by atoms with Crippen molar-refractivity contribution in [3.63, 3.8) is 0 Å². The van der Waals surface area contributed by atoms with E-state index < -0.39 is 0 Å². The van der Waals surface area contributed by atoms with Crippen LogP contribution in [0.25, 0.3) is 20.9 Å². The molecule has 0 saturated heterocycles. The maximum atomic E-state index is 6.07. The Morgan fingerprint density at radius 2 is 1.81 bits per heavy atom. The predicted molar refractivity (Wildman–Crippen MR) is 117 cm³/mol. The zero-order valence-corrected chi connectivity index (χ0v) is 16.8. The van der Waals surface area contributed by atoms with Crippen LogP contribution in [0.1, 0.15) is 25.3 Å². The van der Waals surface area contributed by atoms with Crippen molar-refractivity contribution in [3.8, 4) is 20.9 Å². The molecule has 0 fully saturated rings. The van der Waals surface area contributed by atoms with Gasteiger partial charge in [0.05, 0.1) is 5.71 Å². The lowest BCUT2D eigenvalue weighted by Gasteiger charge is -2.06. The van der Waals surface area contributed by atoms with Crippen molar-refractivity contribution in [2.45, 2.75) is 19.8 Å². The lowest BCUT2D eigenvalue weighted by atomic mass is 9.97. The highest BCUT2D eigenvalue weighted by molar-refractivity contribution is 7.18. The van der Waals surface area contributed by atoms with Crippen molar-refractivity contribution in [2.75, 3.05) is 0 Å². The Labute approximate surface area is 168 Å². The molecule has 0 saturated carbocycles. The van der Waals surface area contributed by atoms with Crippen LogP contribution in [0.4, 0.5) is 5.82 Å². The van der Waals surface area contributed by atoms with Gasteiger partial charge in [0.25, 0.3) is 0 Å². The lowest BCUT2D eigenvalue weighted by Crippen LogP contribution is -2.00. The fraction of sp³-hybridized carbons (Fsp3) is 0.130. The number of rotatable bonds is 4. The summed E-state index contributed by atoms with van der Waals surface area (Å²) in [4.78, 5) is 11.7. The van der Waals surface area contributed by atoms with E-state index in [1.807, 2.05) is 37.4 Å². The van der Waals surface area contributed by atoms with E-state index in [1.54, 1.807) is 11.3 Å². The summed E-state index contributed by atoms with van der Waals surface area (Å²) in [7, 11) is 0. The number of nitrogens with zero attached hydrogens (tertiary/aromatic N) is 2. The summed E-state index contributed by atoms with van der Waals surface area (Å²) in [6, 6.07) is 17.0. The molecule has 3 aromatic rings. The SMILES string of the molecule is C/C=C(Cl)\C=C/C1=Nc2ncc(-c3ccc(-c4ccccc4)s3)cc2C1C. The third kappa shape index (κ3) is 3.66. The van der Waals surface area contributed by atoms with Crippen molar-refractivity contribution < 1.29 is 0 Å². The minimum Gasteiger partial charge on any atom is -0.236 e. The number of hydrogen-bond donors (Lipinski definition) is 0. The number of hydrogen-bond acceptors (Lipinski definition) is 3. The third-order valence-electron chi connectivity index (χ3n) is 4.68. The average Bonchev–Trinajstić information content (AvgIpc) is 3.32. The molecule has 0 aliphatic carbocycles. The van der Waals surface area contributed by atoms with E-state index in [4.69, 9.17) is 11.6 Å². The van der Waals surface area contributed by atoms with Crippen LogP contribution in [0.15, 0.2) is 83.0 Å². The van der Waals surface area contributed by atoms with Gasteiger partial charge in [0.1, 0.15) is 0 Å². The summed E-state index contributed by atoms with van der Waals surface area (Å²) in [5.41, 5.74) is 4.54. The number of fused-ring (bicyclic) bond motifs is 1. The number of halogens is 1. The maximum absolute atomic E-state index is 6.07. The van der Waals surface area contributed by atoms with E-state index >= 15 is 0 Å². The highest BCUT2D eigenvalue weighted by atomic mass is 35.5. The fourth-order valence-corrected chi connectivity index (χ4v) is 4.15. The third-order valence-corrected chi connectivity index (χ3v) is 6.21. The smallest absolute Gasteiger partial charge is 0.155 e. The van der Waals surface area contributed by atoms with Gasteiger partial charge >= 0.3 is 0 Å². The first-order valence-electron chi connectivity index (χ1n) is 8.90. The van der Waals surface area contributed by atoms with Gasteiger partial charge in [-0.3, -0.25) is 0 Å². The van der Waals surface area contributed by atoms with E-state index in [1.165, 1.54) is 20.9 Å². The van der Waals surface area contributed by atoms with Crippen molar-refractivity contribution >= 4 is 34.5 Å². The minimum atomic E-state index is 0.207. The quantitative estimate of drug-likeness (QED) is 0.427. The topological polar surface area (TPSA) is 25.2 Å². The minimum absolute atomic E-state index is 0.207. The second kappa shape index (κ2) is 7.63. The second-order valence-electron chi connectivity index (χ2n) is 6.43. The van der Waals surface area contributed by atoms with Gasteiger partial charge in [-0.05, 0) is 42.8 Å². The zero-order valence-electron chi connectivity index (χ0n) is 15.2. The monoisotopic (exact) mass is 390 g/mol. The Morgan fingerprint density at radius 3 is 2.56 bits per heavy atom. The van der Waals surface area contributed by atoms with Crippen LogP contribution >= 0.6 is 22.9 Å². The highest BCUT2D eigenvalue weighted by Gasteiger charge is 2.23. The van der Waals surface area contributed by atoms with Gasteiger partial charge in [-0.1, -0.05) is 54.9 Å². The fourth-order valence-electron chi connectivity index (χ4n) is 3.09. The van der Waals surface area contributed by atoms with Crippen LogP contribution in [-0.2, 0) is 0 Å². The van der Waals surface area contributed by atoms with E-state index in [2.05, 4.69) is 59.4 Å². The summed E-state index contributed by atoms with van der Waals surface area (Å²) >= 11 is 7.85. The summed E-state index contributed by atoms with van der Waals surface area (Å²) in [5.74, 6) is 1.01. The number of allylic oxidation sites excluding steroid dienone is 4. The first-order chi connectivity index (χ1) is 13.2. The van der Waals surface area contributed by atoms with Gasteiger partial charge in [0, 0.05) is 38.0 Å². The van der Waals surface area contributed by atoms with Crippen LogP contribution in [0, 0.1) is 0 Å². The maximum Gasteiger partial charge on any atom is 0.155 e. The summed E-state index contributed by atoms with van der Waals surface area (Å²) in [6.07, 6.45) is 7.65. The molecule has 1 aromatic carbocycles. The average molecular weight is 391 g/mol. The number of aliphatic imine (C=N–C) groups is 1. The van der Waals surface area contributed by atoms with Crippen LogP contribution < -0.4 is 0 Å². The highest BCUT2D eigenvalue weighted by Crippen LogP contribution is 2.39. The summed E-state index contributed by atoms with van der Waals surface area (Å²) in [6.45, 7) is 4.08. The van der Waals surface area contributed by atoms with E-state index in [0.717, 1.165) is 17.1 Å². The molecule has 4 rings (SSSR count). The molecule has 0 spiro atoms. The first-order valence-corrected chi connectivity index (χ1v) is 10.1. The van der Waals surface area contributed by atoms with Gasteiger partial charge < -0.3 is 0 Å². The molecule has 0 N–H and O–H groups in total. The van der Waals surface area contributed by atoms with Crippen LogP contribution in [0.2, 0.25) is 0 Å². The molecule has 3 heterocycles. The van der Waals surface area contributed by atoms with Crippen LogP contribution in [0.5, 0.6) is 0 Å². The Balaban J connectivity index is 1.61. The Bertz CT molecular complexity index is 1060. The molecule has 4 heteroatoms. The molecular weight excluding hydrogens is 372 g/mol. The molecule has 2 nitrogen and oxygen atoms in total. The number of benzene rings is 1. The largest absolute Gasteiger partial charge is 0.236 e.